The minimum absolute atomic E-state index is 0. The van der Waals surface area contributed by atoms with Crippen LogP contribution in [0.4, 0.5) is 0 Å². The average molecular weight is 914 g/mol. The third-order valence-corrected chi connectivity index (χ3v) is 10.2. The molecule has 0 amide bonds. The van der Waals surface area contributed by atoms with Crippen LogP contribution in [0.15, 0.2) is 134 Å². The number of fused-ring (bicyclic) bond motifs is 1. The van der Waals surface area contributed by atoms with Crippen LogP contribution in [0.2, 0.25) is 0 Å². The number of nitrogens with zero attached hydrogens (tertiary/aromatic N) is 3. The monoisotopic (exact) mass is 913 g/mol. The van der Waals surface area contributed by atoms with Crippen LogP contribution in [-0.4, -0.2) is 14.5 Å². The fourth-order valence-corrected chi connectivity index (χ4v) is 7.40. The smallest absolute Gasteiger partial charge is 0.665 e. The number of para-hydroxylation sites is 1. The zero-order chi connectivity index (χ0) is 40.9. The van der Waals surface area contributed by atoms with E-state index >= 15 is 0 Å². The summed E-state index contributed by atoms with van der Waals surface area (Å²) >= 11 is 0. The Kier molecular flexibility index (Phi) is 9.67. The van der Waals surface area contributed by atoms with Crippen LogP contribution in [0.25, 0.3) is 72.7 Å². The van der Waals surface area contributed by atoms with Gasteiger partial charge in [0.1, 0.15) is 5.82 Å². The molecule has 0 saturated carbocycles. The van der Waals surface area contributed by atoms with Crippen molar-refractivity contribution in [3.8, 4) is 67.5 Å². The SMILES string of the molecule is [2H]C([2H])([2H])c1cc(-c2ccccc2)cc(-n2c(-c3cc(C)cc(C)c3O[CH2-])nc3c(-c4[c-]c(-c5cc(-c6ccc(C)cc6)ccn5)cc(C(C)(C)C)c4)cccc32)c1.[Pt+2]. The summed E-state index contributed by atoms with van der Waals surface area (Å²) in [7, 11) is 3.83. The van der Waals surface area contributed by atoms with Gasteiger partial charge in [0.05, 0.1) is 22.3 Å². The fourth-order valence-electron chi connectivity index (χ4n) is 7.40. The van der Waals surface area contributed by atoms with Gasteiger partial charge in [-0.1, -0.05) is 122 Å². The first-order valence-electron chi connectivity index (χ1n) is 20.1. The van der Waals surface area contributed by atoms with Crippen molar-refractivity contribution < 1.29 is 29.9 Å². The van der Waals surface area contributed by atoms with Crippen LogP contribution >= 0.6 is 0 Å². The largest absolute Gasteiger partial charge is 2.00 e. The summed E-state index contributed by atoms with van der Waals surface area (Å²) in [6.07, 6.45) is 1.86. The second-order valence-corrected chi connectivity index (χ2v) is 15.4. The van der Waals surface area contributed by atoms with Crippen LogP contribution in [0.5, 0.6) is 5.75 Å². The third kappa shape index (κ3) is 7.51. The normalized spacial score (nSPS) is 12.4. The van der Waals surface area contributed by atoms with Gasteiger partial charge in [0, 0.05) is 21.7 Å². The van der Waals surface area contributed by atoms with Gasteiger partial charge in [0.25, 0.3) is 0 Å². The Morgan fingerprint density at radius 3 is 2.16 bits per heavy atom. The molecule has 0 bridgehead atoms. The van der Waals surface area contributed by atoms with Crippen LogP contribution in [0.1, 0.15) is 52.7 Å². The molecule has 0 fully saturated rings. The Morgan fingerprint density at radius 1 is 0.679 bits per heavy atom. The molecule has 6 aromatic carbocycles. The van der Waals surface area contributed by atoms with E-state index < -0.39 is 6.85 Å². The Labute approximate surface area is 349 Å². The number of aromatic nitrogens is 3. The van der Waals surface area contributed by atoms with Crippen molar-refractivity contribution in [2.75, 3.05) is 0 Å². The second-order valence-electron chi connectivity index (χ2n) is 15.4. The quantitative estimate of drug-likeness (QED) is 0.150. The summed E-state index contributed by atoms with van der Waals surface area (Å²) in [6, 6.07) is 46.5. The Bertz CT molecular complexity index is 2820. The predicted molar refractivity (Wildman–Crippen MR) is 229 cm³/mol. The third-order valence-electron chi connectivity index (χ3n) is 10.2. The molecule has 4 nitrogen and oxygen atoms in total. The Balaban J connectivity index is 0.00000528. The summed E-state index contributed by atoms with van der Waals surface area (Å²) < 4.78 is 33.4. The van der Waals surface area contributed by atoms with Gasteiger partial charge in [0.15, 0.2) is 0 Å². The molecule has 0 N–H and O–H groups in total. The van der Waals surface area contributed by atoms with Crippen molar-refractivity contribution in [1.82, 2.24) is 14.5 Å². The van der Waals surface area contributed by atoms with E-state index in [-0.39, 0.29) is 32.0 Å². The molecule has 0 aliphatic carbocycles. The van der Waals surface area contributed by atoms with Crippen LogP contribution in [-0.2, 0) is 26.5 Å². The maximum Gasteiger partial charge on any atom is 2.00 e. The second kappa shape index (κ2) is 15.5. The van der Waals surface area contributed by atoms with Crippen molar-refractivity contribution in [3.05, 3.63) is 175 Å². The zero-order valence-electron chi connectivity index (χ0n) is 35.5. The van der Waals surface area contributed by atoms with Crippen LogP contribution < -0.4 is 4.74 Å². The molecule has 8 rings (SSSR count). The van der Waals surface area contributed by atoms with E-state index in [2.05, 4.69) is 100 Å². The molecule has 0 spiro atoms. The predicted octanol–water partition coefficient (Wildman–Crippen LogP) is 13.3. The first-order chi connectivity index (χ1) is 27.7. The summed E-state index contributed by atoms with van der Waals surface area (Å²) in [5.41, 5.74) is 14.7. The maximum atomic E-state index is 8.50. The average Bonchev–Trinajstić information content (AvgIpc) is 3.60. The molecule has 0 unspecified atom stereocenters. The number of imidazole rings is 1. The molecule has 0 atom stereocenters. The van der Waals surface area contributed by atoms with Crippen molar-refractivity contribution in [1.29, 1.82) is 0 Å². The number of hydrogen-bond donors (Lipinski definition) is 0. The minimum Gasteiger partial charge on any atom is -0.665 e. The van der Waals surface area contributed by atoms with E-state index in [9.17, 15) is 0 Å². The van der Waals surface area contributed by atoms with Gasteiger partial charge in [-0.15, -0.1) is 29.3 Å². The van der Waals surface area contributed by atoms with Gasteiger partial charge >= 0.3 is 21.1 Å². The van der Waals surface area contributed by atoms with Crippen LogP contribution in [0.3, 0.4) is 0 Å². The topological polar surface area (TPSA) is 39.9 Å². The minimum atomic E-state index is -2.35. The van der Waals surface area contributed by atoms with E-state index in [1.54, 1.807) is 12.1 Å². The summed E-state index contributed by atoms with van der Waals surface area (Å²) in [5, 5.41) is 0. The first-order valence-corrected chi connectivity index (χ1v) is 18.6. The summed E-state index contributed by atoms with van der Waals surface area (Å²) in [4.78, 5) is 10.3. The number of aryl methyl sites for hydroxylation is 4. The van der Waals surface area contributed by atoms with E-state index in [1.165, 1.54) is 5.56 Å². The van der Waals surface area contributed by atoms with Gasteiger partial charge < -0.3 is 4.74 Å². The van der Waals surface area contributed by atoms with Gasteiger partial charge in [-0.3, -0.25) is 9.55 Å². The molecule has 8 aromatic rings. The van der Waals surface area contributed by atoms with Crippen molar-refractivity contribution in [2.24, 2.45) is 0 Å². The molecule has 280 valence electrons. The van der Waals surface area contributed by atoms with E-state index in [4.69, 9.17) is 18.8 Å². The molecule has 2 heterocycles. The van der Waals surface area contributed by atoms with Crippen molar-refractivity contribution in [2.45, 2.75) is 53.8 Å². The number of hydrogen-bond acceptors (Lipinski definition) is 3. The molecule has 56 heavy (non-hydrogen) atoms. The molecule has 0 radical (unpaired) electrons. The molecule has 5 heteroatoms. The van der Waals surface area contributed by atoms with E-state index in [1.807, 2.05) is 80.7 Å². The van der Waals surface area contributed by atoms with E-state index in [0.29, 0.717) is 17.3 Å². The standard InChI is InChI=1S/C51H45N3O.Pt/c1-32-17-19-37(20-18-32)38-21-22-52-46(31-38)41-27-40(28-42(29-41)51(5,6)7)44-15-12-16-47-48(44)53-50(45-26-33(2)23-35(4)49(45)55-8)54(47)43-25-34(3)24-39(30-43)36-13-10-9-11-14-36;/h9-26,28-31H,8H2,1-7H3;/q-2;+2/i3D3;. The van der Waals surface area contributed by atoms with E-state index in [0.717, 1.165) is 77.9 Å². The Morgan fingerprint density at radius 2 is 1.43 bits per heavy atom. The molecule has 0 aliphatic rings. The Hall–Kier alpha value is -5.57. The van der Waals surface area contributed by atoms with Gasteiger partial charge in [-0.25, -0.2) is 4.98 Å². The molecular formula is C51H45N3OPt. The van der Waals surface area contributed by atoms with Gasteiger partial charge in [0.2, 0.25) is 0 Å². The number of rotatable bonds is 7. The summed E-state index contributed by atoms with van der Waals surface area (Å²) in [5.74, 6) is 1.20. The molecule has 0 aliphatic heterocycles. The fraction of sp³-hybridized carbons (Fsp3) is 0.157. The van der Waals surface area contributed by atoms with Crippen molar-refractivity contribution >= 4 is 11.0 Å². The number of ether oxygens (including phenoxy) is 1. The number of benzene rings is 6. The zero-order valence-corrected chi connectivity index (χ0v) is 34.7. The van der Waals surface area contributed by atoms with Crippen molar-refractivity contribution in [3.63, 3.8) is 0 Å². The maximum absolute atomic E-state index is 8.50. The first kappa shape index (κ1) is 34.9. The van der Waals surface area contributed by atoms with Gasteiger partial charge in [-0.05, 0) is 102 Å². The summed E-state index contributed by atoms with van der Waals surface area (Å²) in [6.45, 7) is 10.4. The van der Waals surface area contributed by atoms with Gasteiger partial charge in [-0.2, -0.15) is 7.11 Å². The van der Waals surface area contributed by atoms with Crippen LogP contribution in [0, 0.1) is 40.8 Å². The molecular weight excluding hydrogens is 866 g/mol. The number of pyridine rings is 1. The molecule has 2 aromatic heterocycles. The molecule has 0 saturated heterocycles.